The lowest BCUT2D eigenvalue weighted by Crippen LogP contribution is -2.54. The Morgan fingerprint density at radius 2 is 1.91 bits per heavy atom. The third-order valence-corrected chi connectivity index (χ3v) is 4.32. The molecule has 1 aromatic rings. The van der Waals surface area contributed by atoms with Crippen molar-refractivity contribution < 1.29 is 24.2 Å². The molecule has 6 nitrogen and oxygen atoms in total. The number of carbonyl (C=O) groups is 2. The third kappa shape index (κ3) is 3.89. The SMILES string of the molecule is COCC(NC(=O)C1(c2ccc(C)cc2)CCOCC1)C(=O)O. The van der Waals surface area contributed by atoms with Crippen molar-refractivity contribution in [3.63, 3.8) is 0 Å². The molecule has 1 fully saturated rings. The number of methoxy groups -OCH3 is 1. The molecule has 1 heterocycles. The van der Waals surface area contributed by atoms with Gasteiger partial charge < -0.3 is 19.9 Å². The van der Waals surface area contributed by atoms with Gasteiger partial charge in [0.2, 0.25) is 5.91 Å². The van der Waals surface area contributed by atoms with Gasteiger partial charge in [-0.3, -0.25) is 4.79 Å². The molecule has 1 atom stereocenters. The van der Waals surface area contributed by atoms with Crippen LogP contribution in [0.4, 0.5) is 0 Å². The van der Waals surface area contributed by atoms with Crippen LogP contribution in [-0.4, -0.2) is 50.0 Å². The smallest absolute Gasteiger partial charge is 0.328 e. The van der Waals surface area contributed by atoms with E-state index in [1.807, 2.05) is 31.2 Å². The molecule has 1 aliphatic rings. The number of rotatable bonds is 6. The Kier molecular flexibility index (Phi) is 5.74. The van der Waals surface area contributed by atoms with Crippen LogP contribution in [0.2, 0.25) is 0 Å². The number of nitrogens with one attached hydrogen (secondary N) is 1. The van der Waals surface area contributed by atoms with Crippen LogP contribution in [-0.2, 0) is 24.5 Å². The number of ether oxygens (including phenoxy) is 2. The number of aliphatic carboxylic acids is 1. The number of carboxylic acids is 1. The molecular formula is C17H23NO5. The second kappa shape index (κ2) is 7.57. The van der Waals surface area contributed by atoms with Gasteiger partial charge in [0, 0.05) is 20.3 Å². The summed E-state index contributed by atoms with van der Waals surface area (Å²) < 4.78 is 10.3. The number of carboxylic acid groups (broad SMARTS) is 1. The van der Waals surface area contributed by atoms with Crippen LogP contribution in [0.1, 0.15) is 24.0 Å². The fourth-order valence-corrected chi connectivity index (χ4v) is 2.88. The molecule has 23 heavy (non-hydrogen) atoms. The van der Waals surface area contributed by atoms with Gasteiger partial charge in [-0.1, -0.05) is 29.8 Å². The largest absolute Gasteiger partial charge is 0.480 e. The van der Waals surface area contributed by atoms with Gasteiger partial charge in [0.05, 0.1) is 12.0 Å². The average Bonchev–Trinajstić information content (AvgIpc) is 2.55. The minimum atomic E-state index is -1.11. The molecule has 6 heteroatoms. The maximum absolute atomic E-state index is 12.9. The van der Waals surface area contributed by atoms with E-state index < -0.39 is 17.4 Å². The van der Waals surface area contributed by atoms with E-state index in [1.54, 1.807) is 0 Å². The van der Waals surface area contributed by atoms with Crippen molar-refractivity contribution in [2.75, 3.05) is 26.9 Å². The van der Waals surface area contributed by atoms with Gasteiger partial charge in [-0.15, -0.1) is 0 Å². The highest BCUT2D eigenvalue weighted by atomic mass is 16.5. The standard InChI is InChI=1S/C17H23NO5/c1-12-3-5-13(6-4-12)17(7-9-23-10-8-17)16(21)18-14(11-22-2)15(19)20/h3-6,14H,7-11H2,1-2H3,(H,18,21)(H,19,20). The molecular weight excluding hydrogens is 298 g/mol. The highest BCUT2D eigenvalue weighted by molar-refractivity contribution is 5.91. The average molecular weight is 321 g/mol. The van der Waals surface area contributed by atoms with Crippen LogP contribution in [0.15, 0.2) is 24.3 Å². The van der Waals surface area contributed by atoms with Gasteiger partial charge in [-0.25, -0.2) is 4.79 Å². The zero-order valence-corrected chi connectivity index (χ0v) is 13.5. The van der Waals surface area contributed by atoms with E-state index in [9.17, 15) is 14.7 Å². The van der Waals surface area contributed by atoms with E-state index in [0.29, 0.717) is 26.1 Å². The Labute approximate surface area is 135 Å². The van der Waals surface area contributed by atoms with E-state index in [0.717, 1.165) is 11.1 Å². The van der Waals surface area contributed by atoms with Gasteiger partial charge in [0.25, 0.3) is 0 Å². The summed E-state index contributed by atoms with van der Waals surface area (Å²) in [6.45, 7) is 2.87. The minimum Gasteiger partial charge on any atom is -0.480 e. The zero-order valence-electron chi connectivity index (χ0n) is 13.5. The number of benzene rings is 1. The van der Waals surface area contributed by atoms with E-state index >= 15 is 0 Å². The normalized spacial score (nSPS) is 18.2. The maximum Gasteiger partial charge on any atom is 0.328 e. The van der Waals surface area contributed by atoms with Crippen LogP contribution in [0.5, 0.6) is 0 Å². The highest BCUT2D eigenvalue weighted by Gasteiger charge is 2.43. The van der Waals surface area contributed by atoms with Crippen molar-refractivity contribution in [2.24, 2.45) is 0 Å². The highest BCUT2D eigenvalue weighted by Crippen LogP contribution is 2.35. The first-order chi connectivity index (χ1) is 11.0. The molecule has 2 rings (SSSR count). The Morgan fingerprint density at radius 3 is 2.43 bits per heavy atom. The molecule has 0 bridgehead atoms. The van der Waals surface area contributed by atoms with Crippen molar-refractivity contribution in [1.82, 2.24) is 5.32 Å². The molecule has 0 saturated carbocycles. The Hall–Kier alpha value is -1.92. The van der Waals surface area contributed by atoms with Crippen molar-refractivity contribution >= 4 is 11.9 Å². The molecule has 0 radical (unpaired) electrons. The van der Waals surface area contributed by atoms with Gasteiger partial charge >= 0.3 is 5.97 Å². The van der Waals surface area contributed by atoms with Gasteiger partial charge in [0.1, 0.15) is 0 Å². The number of carbonyl (C=O) groups excluding carboxylic acids is 1. The fraction of sp³-hybridized carbons (Fsp3) is 0.529. The molecule has 126 valence electrons. The molecule has 1 aliphatic heterocycles. The first-order valence-electron chi connectivity index (χ1n) is 7.67. The number of amides is 1. The van der Waals surface area contributed by atoms with Crippen molar-refractivity contribution in [3.05, 3.63) is 35.4 Å². The summed E-state index contributed by atoms with van der Waals surface area (Å²) in [5.41, 5.74) is 1.25. The predicted octanol–water partition coefficient (Wildman–Crippen LogP) is 1.26. The van der Waals surface area contributed by atoms with Crippen LogP contribution in [0.25, 0.3) is 0 Å². The molecule has 1 saturated heterocycles. The van der Waals surface area contributed by atoms with Crippen molar-refractivity contribution in [3.8, 4) is 0 Å². The number of hydrogen-bond acceptors (Lipinski definition) is 4. The van der Waals surface area contributed by atoms with Crippen LogP contribution in [0, 0.1) is 6.92 Å². The first-order valence-corrected chi connectivity index (χ1v) is 7.67. The second-order valence-corrected chi connectivity index (χ2v) is 5.88. The van der Waals surface area contributed by atoms with E-state index in [1.165, 1.54) is 7.11 Å². The van der Waals surface area contributed by atoms with Crippen LogP contribution >= 0.6 is 0 Å². The third-order valence-electron chi connectivity index (χ3n) is 4.32. The molecule has 0 aliphatic carbocycles. The molecule has 0 spiro atoms. The van der Waals surface area contributed by atoms with Crippen molar-refractivity contribution in [2.45, 2.75) is 31.2 Å². The summed E-state index contributed by atoms with van der Waals surface area (Å²) in [6.07, 6.45) is 1.06. The lowest BCUT2D eigenvalue weighted by atomic mass is 9.73. The topological polar surface area (TPSA) is 84.9 Å². The summed E-state index contributed by atoms with van der Waals surface area (Å²) in [4.78, 5) is 24.2. The molecule has 1 amide bonds. The summed E-state index contributed by atoms with van der Waals surface area (Å²) >= 11 is 0. The Bertz CT molecular complexity index is 549. The maximum atomic E-state index is 12.9. The summed E-state index contributed by atoms with van der Waals surface area (Å²) in [7, 11) is 1.41. The Balaban J connectivity index is 2.28. The van der Waals surface area contributed by atoms with Crippen molar-refractivity contribution in [1.29, 1.82) is 0 Å². The summed E-state index contributed by atoms with van der Waals surface area (Å²) in [6, 6.07) is 6.74. The number of aryl methyl sites for hydroxylation is 1. The van der Waals surface area contributed by atoms with Crippen LogP contribution < -0.4 is 5.32 Å². The van der Waals surface area contributed by atoms with Crippen LogP contribution in [0.3, 0.4) is 0 Å². The molecule has 1 unspecified atom stereocenters. The lowest BCUT2D eigenvalue weighted by molar-refractivity contribution is -0.145. The first kappa shape index (κ1) is 17.4. The second-order valence-electron chi connectivity index (χ2n) is 5.88. The van der Waals surface area contributed by atoms with E-state index in [-0.39, 0.29) is 12.5 Å². The van der Waals surface area contributed by atoms with Gasteiger partial charge in [0.15, 0.2) is 6.04 Å². The fourth-order valence-electron chi connectivity index (χ4n) is 2.88. The lowest BCUT2D eigenvalue weighted by Gasteiger charge is -2.37. The molecule has 1 aromatic carbocycles. The number of hydrogen-bond donors (Lipinski definition) is 2. The van der Waals surface area contributed by atoms with E-state index in [4.69, 9.17) is 9.47 Å². The predicted molar refractivity (Wildman–Crippen MR) is 84.4 cm³/mol. The molecule has 0 aromatic heterocycles. The monoisotopic (exact) mass is 321 g/mol. The van der Waals surface area contributed by atoms with Gasteiger partial charge in [-0.2, -0.15) is 0 Å². The zero-order chi connectivity index (χ0) is 16.9. The Morgan fingerprint density at radius 1 is 1.30 bits per heavy atom. The van der Waals surface area contributed by atoms with E-state index in [2.05, 4.69) is 5.32 Å². The summed E-state index contributed by atoms with van der Waals surface area (Å²) in [5, 5.41) is 11.8. The quantitative estimate of drug-likeness (QED) is 0.824. The molecule has 2 N–H and O–H groups in total. The van der Waals surface area contributed by atoms with Gasteiger partial charge in [-0.05, 0) is 25.3 Å². The summed E-state index contributed by atoms with van der Waals surface area (Å²) in [5.74, 6) is -1.39. The minimum absolute atomic E-state index is 0.0679.